The molecule has 0 saturated heterocycles. The molecule has 4 nitrogen and oxygen atoms in total. The lowest BCUT2D eigenvalue weighted by Gasteiger charge is -2.16. The van der Waals surface area contributed by atoms with Crippen LogP contribution < -0.4 is 5.32 Å². The van der Waals surface area contributed by atoms with E-state index in [1.54, 1.807) is 0 Å². The molecular weight excluding hydrogens is 206 g/mol. The molecule has 16 heavy (non-hydrogen) atoms. The third-order valence-electron chi connectivity index (χ3n) is 3.61. The van der Waals surface area contributed by atoms with Gasteiger partial charge in [-0.05, 0) is 25.2 Å². The molecule has 2 fully saturated rings. The van der Waals surface area contributed by atoms with E-state index in [1.165, 1.54) is 0 Å². The zero-order valence-electron chi connectivity index (χ0n) is 9.45. The van der Waals surface area contributed by atoms with Gasteiger partial charge in [-0.2, -0.15) is 0 Å². The molecule has 0 spiro atoms. The summed E-state index contributed by atoms with van der Waals surface area (Å²) in [6.07, 6.45) is 6.86. The molecule has 4 heteroatoms. The zero-order chi connectivity index (χ0) is 11.5. The minimum absolute atomic E-state index is 0.0504. The van der Waals surface area contributed by atoms with Gasteiger partial charge in [-0.25, -0.2) is 4.79 Å². The van der Waals surface area contributed by atoms with Gasteiger partial charge in [-0.3, -0.25) is 4.79 Å². The predicted molar refractivity (Wildman–Crippen MR) is 58.9 cm³/mol. The van der Waals surface area contributed by atoms with Crippen molar-refractivity contribution in [1.82, 2.24) is 5.32 Å². The van der Waals surface area contributed by atoms with Crippen molar-refractivity contribution in [3.63, 3.8) is 0 Å². The number of hydrogen-bond donors (Lipinski definition) is 2. The van der Waals surface area contributed by atoms with Gasteiger partial charge in [0.25, 0.3) is 0 Å². The Morgan fingerprint density at radius 1 is 1.19 bits per heavy atom. The maximum atomic E-state index is 11.8. The Labute approximate surface area is 95.4 Å². The molecule has 1 unspecified atom stereocenters. The van der Waals surface area contributed by atoms with E-state index in [-0.39, 0.29) is 11.8 Å². The number of carboxylic acids is 1. The minimum atomic E-state index is -0.891. The number of carbonyl (C=O) groups excluding carboxylic acids is 1. The topological polar surface area (TPSA) is 66.4 Å². The van der Waals surface area contributed by atoms with Gasteiger partial charge >= 0.3 is 5.97 Å². The molecule has 0 aromatic rings. The Balaban J connectivity index is 1.83. The summed E-state index contributed by atoms with van der Waals surface area (Å²) >= 11 is 0. The quantitative estimate of drug-likeness (QED) is 0.746. The van der Waals surface area contributed by atoms with Crippen LogP contribution in [0.4, 0.5) is 0 Å². The van der Waals surface area contributed by atoms with Crippen molar-refractivity contribution in [1.29, 1.82) is 0 Å². The van der Waals surface area contributed by atoms with Gasteiger partial charge in [-0.15, -0.1) is 0 Å². The zero-order valence-corrected chi connectivity index (χ0v) is 9.45. The molecule has 2 rings (SSSR count). The van der Waals surface area contributed by atoms with Crippen LogP contribution in [0.3, 0.4) is 0 Å². The van der Waals surface area contributed by atoms with Crippen LogP contribution in [0.15, 0.2) is 0 Å². The fourth-order valence-corrected chi connectivity index (χ4v) is 2.39. The fraction of sp³-hybridized carbons (Fsp3) is 0.833. The Morgan fingerprint density at radius 3 is 2.31 bits per heavy atom. The lowest BCUT2D eigenvalue weighted by molar-refractivity contribution is -0.142. The van der Waals surface area contributed by atoms with Crippen molar-refractivity contribution in [3.8, 4) is 0 Å². The van der Waals surface area contributed by atoms with Gasteiger partial charge in [-0.1, -0.05) is 25.7 Å². The first-order chi connectivity index (χ1) is 7.66. The first-order valence-electron chi connectivity index (χ1n) is 6.20. The van der Waals surface area contributed by atoms with Crippen LogP contribution in [0.5, 0.6) is 0 Å². The van der Waals surface area contributed by atoms with E-state index < -0.39 is 12.0 Å². The molecule has 0 heterocycles. The van der Waals surface area contributed by atoms with Crippen LogP contribution in [0.25, 0.3) is 0 Å². The molecule has 0 radical (unpaired) electrons. The van der Waals surface area contributed by atoms with E-state index in [1.807, 2.05) is 0 Å². The Bertz CT molecular complexity index is 280. The standard InChI is InChI=1S/C12H19NO3/c14-11(9-3-1-2-4-9)13-10(12(15)16)7-8-5-6-8/h8-10H,1-7H2,(H,13,14)(H,15,16). The van der Waals surface area contributed by atoms with Crippen LogP contribution in [-0.2, 0) is 9.59 Å². The van der Waals surface area contributed by atoms with E-state index in [2.05, 4.69) is 5.32 Å². The second kappa shape index (κ2) is 4.85. The van der Waals surface area contributed by atoms with Gasteiger partial charge in [0.2, 0.25) is 5.91 Å². The van der Waals surface area contributed by atoms with Gasteiger partial charge in [0.05, 0.1) is 0 Å². The molecule has 0 aromatic heterocycles. The van der Waals surface area contributed by atoms with Crippen LogP contribution in [-0.4, -0.2) is 23.0 Å². The van der Waals surface area contributed by atoms with Crippen molar-refractivity contribution in [3.05, 3.63) is 0 Å². The summed E-state index contributed by atoms with van der Waals surface area (Å²) < 4.78 is 0. The monoisotopic (exact) mass is 225 g/mol. The molecule has 1 amide bonds. The lowest BCUT2D eigenvalue weighted by atomic mass is 10.1. The average Bonchev–Trinajstić information content (AvgIpc) is 2.89. The van der Waals surface area contributed by atoms with Crippen LogP contribution >= 0.6 is 0 Å². The summed E-state index contributed by atoms with van der Waals surface area (Å²) in [6.45, 7) is 0. The van der Waals surface area contributed by atoms with Gasteiger partial charge < -0.3 is 10.4 Å². The third kappa shape index (κ3) is 2.97. The maximum Gasteiger partial charge on any atom is 0.326 e. The normalized spacial score (nSPS) is 23.0. The number of aliphatic carboxylic acids is 1. The van der Waals surface area contributed by atoms with E-state index in [0.29, 0.717) is 12.3 Å². The van der Waals surface area contributed by atoms with Crippen LogP contribution in [0.1, 0.15) is 44.9 Å². The molecule has 2 aliphatic rings. The number of nitrogens with one attached hydrogen (secondary N) is 1. The summed E-state index contributed by atoms with van der Waals surface area (Å²) in [5.74, 6) is -0.366. The number of carboxylic acid groups (broad SMARTS) is 1. The maximum absolute atomic E-state index is 11.8. The highest BCUT2D eigenvalue weighted by Gasteiger charge is 2.32. The van der Waals surface area contributed by atoms with Crippen LogP contribution in [0.2, 0.25) is 0 Å². The molecule has 90 valence electrons. The van der Waals surface area contributed by atoms with E-state index in [9.17, 15) is 9.59 Å². The van der Waals surface area contributed by atoms with E-state index >= 15 is 0 Å². The van der Waals surface area contributed by atoms with E-state index in [0.717, 1.165) is 38.5 Å². The third-order valence-corrected chi connectivity index (χ3v) is 3.61. The first-order valence-corrected chi connectivity index (χ1v) is 6.20. The van der Waals surface area contributed by atoms with E-state index in [4.69, 9.17) is 5.11 Å². The fourth-order valence-electron chi connectivity index (χ4n) is 2.39. The van der Waals surface area contributed by atoms with Crippen molar-refractivity contribution in [2.24, 2.45) is 11.8 Å². The lowest BCUT2D eigenvalue weighted by Crippen LogP contribution is -2.43. The number of hydrogen-bond acceptors (Lipinski definition) is 2. The molecule has 0 aromatic carbocycles. The highest BCUT2D eigenvalue weighted by molar-refractivity contribution is 5.85. The predicted octanol–water partition coefficient (Wildman–Crippen LogP) is 1.55. The molecule has 2 aliphatic carbocycles. The average molecular weight is 225 g/mol. The van der Waals surface area contributed by atoms with Crippen molar-refractivity contribution in [2.75, 3.05) is 0 Å². The highest BCUT2D eigenvalue weighted by atomic mass is 16.4. The molecular formula is C12H19NO3. The van der Waals surface area contributed by atoms with Crippen molar-refractivity contribution >= 4 is 11.9 Å². The smallest absolute Gasteiger partial charge is 0.326 e. The summed E-state index contributed by atoms with van der Waals surface area (Å²) in [5, 5.41) is 11.7. The second-order valence-electron chi connectivity index (χ2n) is 5.06. The molecule has 2 saturated carbocycles. The molecule has 1 atom stereocenters. The number of rotatable bonds is 5. The van der Waals surface area contributed by atoms with Crippen LogP contribution in [0, 0.1) is 11.8 Å². The molecule has 0 bridgehead atoms. The Kier molecular flexibility index (Phi) is 3.46. The number of carbonyl (C=O) groups is 2. The first kappa shape index (κ1) is 11.4. The largest absolute Gasteiger partial charge is 0.480 e. The molecule has 2 N–H and O–H groups in total. The molecule has 0 aliphatic heterocycles. The summed E-state index contributed by atoms with van der Waals surface area (Å²) in [5.41, 5.74) is 0. The van der Waals surface area contributed by atoms with Gasteiger partial charge in [0.1, 0.15) is 6.04 Å². The van der Waals surface area contributed by atoms with Gasteiger partial charge in [0.15, 0.2) is 0 Å². The highest BCUT2D eigenvalue weighted by Crippen LogP contribution is 2.33. The summed E-state index contributed by atoms with van der Waals surface area (Å²) in [6, 6.07) is -0.666. The van der Waals surface area contributed by atoms with Gasteiger partial charge in [0, 0.05) is 5.92 Å². The van der Waals surface area contributed by atoms with Crippen molar-refractivity contribution in [2.45, 2.75) is 51.0 Å². The Hall–Kier alpha value is -1.06. The SMILES string of the molecule is O=C(NC(CC1CC1)C(=O)O)C1CCCC1. The summed E-state index contributed by atoms with van der Waals surface area (Å²) in [4.78, 5) is 22.8. The minimum Gasteiger partial charge on any atom is -0.480 e. The summed E-state index contributed by atoms with van der Waals surface area (Å²) in [7, 11) is 0. The second-order valence-corrected chi connectivity index (χ2v) is 5.06. The van der Waals surface area contributed by atoms with Crippen molar-refractivity contribution < 1.29 is 14.7 Å². The number of amides is 1. The Morgan fingerprint density at radius 2 is 1.81 bits per heavy atom.